The number of hydrogen-bond acceptors (Lipinski definition) is 5. The summed E-state index contributed by atoms with van der Waals surface area (Å²) < 4.78 is 57.3. The van der Waals surface area contributed by atoms with Gasteiger partial charge in [-0.25, -0.2) is 5.01 Å². The molecule has 0 unspecified atom stereocenters. The van der Waals surface area contributed by atoms with Gasteiger partial charge in [0.1, 0.15) is 0 Å². The molecule has 10 heteroatoms. The van der Waals surface area contributed by atoms with Crippen LogP contribution < -0.4 is 0 Å². The van der Waals surface area contributed by atoms with Gasteiger partial charge in [-0.2, -0.15) is 16.8 Å². The number of rotatable bonds is 3. The second-order valence-electron chi connectivity index (χ2n) is 1.98. The minimum Gasteiger partial charge on any atom is -0.272 e. The Labute approximate surface area is 70.1 Å². The third-order valence-corrected chi connectivity index (χ3v) is 3.29. The quantitative estimate of drug-likeness (QED) is 0.433. The summed E-state index contributed by atoms with van der Waals surface area (Å²) in [5.74, 6) is 0. The highest BCUT2D eigenvalue weighted by molar-refractivity contribution is 7.98. The van der Waals surface area contributed by atoms with Gasteiger partial charge in [0, 0.05) is 17.9 Å². The number of hydrogen-bond donors (Lipinski definition) is 2. The van der Waals surface area contributed by atoms with E-state index in [2.05, 4.69) is 0 Å². The molecule has 0 aromatic carbocycles. The lowest BCUT2D eigenvalue weighted by atomic mass is 11.2. The van der Waals surface area contributed by atoms with E-state index in [9.17, 15) is 16.8 Å². The average Bonchev–Trinajstić information content (AvgIpc) is 1.49. The smallest absolute Gasteiger partial charge is 0.272 e. The van der Waals surface area contributed by atoms with Crippen LogP contribution >= 0.6 is 0 Å². The fourth-order valence-corrected chi connectivity index (χ4v) is 2.31. The monoisotopic (exact) mass is 220 g/mol. The zero-order valence-electron chi connectivity index (χ0n) is 6.24. The predicted molar refractivity (Wildman–Crippen MR) is 38.6 cm³/mol. The molecule has 2 N–H and O–H groups in total. The van der Waals surface area contributed by atoms with E-state index < -0.39 is 24.4 Å². The largest absolute Gasteiger partial charge is 0.364 e. The van der Waals surface area contributed by atoms with Crippen molar-refractivity contribution < 1.29 is 25.9 Å². The molecule has 0 heterocycles. The first-order valence-corrected chi connectivity index (χ1v) is 5.29. The maximum absolute atomic E-state index is 10.3. The van der Waals surface area contributed by atoms with Crippen molar-refractivity contribution in [2.75, 3.05) is 14.1 Å². The summed E-state index contributed by atoms with van der Waals surface area (Å²) in [7, 11) is -7.97. The summed E-state index contributed by atoms with van der Waals surface area (Å²) in [6.07, 6.45) is 0. The lowest BCUT2D eigenvalue weighted by Gasteiger charge is -2.20. The van der Waals surface area contributed by atoms with E-state index in [1.165, 1.54) is 0 Å². The summed E-state index contributed by atoms with van der Waals surface area (Å²) >= 11 is 0. The average molecular weight is 220 g/mol. The van der Waals surface area contributed by atoms with Crippen LogP contribution in [0.4, 0.5) is 0 Å². The van der Waals surface area contributed by atoms with Crippen LogP contribution in [0.1, 0.15) is 0 Å². The van der Waals surface area contributed by atoms with E-state index in [0.29, 0.717) is 5.01 Å². The molecular formula is C2H8N2O6S2. The Morgan fingerprint density at radius 2 is 1.17 bits per heavy atom. The fourth-order valence-electron chi connectivity index (χ4n) is 0.532. The van der Waals surface area contributed by atoms with Gasteiger partial charge in [-0.05, 0) is 0 Å². The molecule has 0 fully saturated rings. The van der Waals surface area contributed by atoms with Crippen LogP contribution in [0, 0.1) is 0 Å². The Balaban J connectivity index is 5.26. The Bertz CT molecular complexity index is 308. The van der Waals surface area contributed by atoms with Crippen LogP contribution in [0.3, 0.4) is 0 Å². The van der Waals surface area contributed by atoms with Crippen molar-refractivity contribution >= 4 is 20.6 Å². The maximum Gasteiger partial charge on any atom is 0.364 e. The van der Waals surface area contributed by atoms with Crippen molar-refractivity contribution in [3.8, 4) is 0 Å². The molecule has 0 aliphatic rings. The minimum absolute atomic E-state index is 0.491. The highest BCUT2D eigenvalue weighted by atomic mass is 32.3. The molecule has 0 radical (unpaired) electrons. The molecule has 12 heavy (non-hydrogen) atoms. The predicted octanol–water partition coefficient (Wildman–Crippen LogP) is -1.63. The van der Waals surface area contributed by atoms with Gasteiger partial charge in [0.15, 0.2) is 0 Å². The summed E-state index contributed by atoms with van der Waals surface area (Å²) in [6.45, 7) is 0. The Morgan fingerprint density at radius 1 is 0.917 bits per heavy atom. The van der Waals surface area contributed by atoms with Gasteiger partial charge in [-0.15, -0.1) is 0 Å². The molecule has 0 aromatic heterocycles. The Kier molecular flexibility index (Phi) is 3.17. The van der Waals surface area contributed by atoms with Crippen LogP contribution in [0.2, 0.25) is 0 Å². The van der Waals surface area contributed by atoms with E-state index in [4.69, 9.17) is 9.11 Å². The van der Waals surface area contributed by atoms with E-state index in [1.54, 1.807) is 0 Å². The van der Waals surface area contributed by atoms with Crippen LogP contribution in [-0.2, 0) is 20.6 Å². The molecule has 0 bridgehead atoms. The minimum atomic E-state index is -5.00. The Morgan fingerprint density at radius 3 is 1.17 bits per heavy atom. The highest BCUT2D eigenvalue weighted by Crippen LogP contribution is 2.05. The van der Waals surface area contributed by atoms with Gasteiger partial charge in [0.05, 0.1) is 0 Å². The van der Waals surface area contributed by atoms with Gasteiger partial charge >= 0.3 is 20.6 Å². The molecule has 0 amide bonds. The van der Waals surface area contributed by atoms with Crippen molar-refractivity contribution in [2.45, 2.75) is 0 Å². The molecule has 0 saturated carbocycles. The molecule has 0 rings (SSSR count). The van der Waals surface area contributed by atoms with Crippen LogP contribution in [0.5, 0.6) is 0 Å². The molecule has 0 aromatic rings. The molecule has 0 aliphatic carbocycles. The van der Waals surface area contributed by atoms with Crippen molar-refractivity contribution in [3.05, 3.63) is 0 Å². The fraction of sp³-hybridized carbons (Fsp3) is 1.00. The van der Waals surface area contributed by atoms with Gasteiger partial charge in [0.25, 0.3) is 0 Å². The molecule has 8 nitrogen and oxygen atoms in total. The second-order valence-corrected chi connectivity index (χ2v) is 4.69. The first-order valence-electron chi connectivity index (χ1n) is 2.49. The standard InChI is InChI=1S/C2H8N2O6S2/c1-3(2)4(11(5,6)7)12(8,9)10/h1-2H3,(H,5,6,7)(H,8,9,10). The molecule has 0 spiro atoms. The Hall–Kier alpha value is -0.260. The zero-order valence-corrected chi connectivity index (χ0v) is 7.87. The van der Waals surface area contributed by atoms with E-state index in [-0.39, 0.29) is 0 Å². The summed E-state index contributed by atoms with van der Waals surface area (Å²) in [5, 5.41) is 0.491. The number of hydrazine groups is 1. The third-order valence-electron chi connectivity index (χ3n) is 0.721. The van der Waals surface area contributed by atoms with Crippen LogP contribution in [0.25, 0.3) is 0 Å². The van der Waals surface area contributed by atoms with E-state index in [1.807, 2.05) is 0 Å². The second kappa shape index (κ2) is 3.24. The van der Waals surface area contributed by atoms with Gasteiger partial charge < -0.3 is 0 Å². The van der Waals surface area contributed by atoms with Crippen molar-refractivity contribution in [2.24, 2.45) is 0 Å². The van der Waals surface area contributed by atoms with Gasteiger partial charge in [-0.3, -0.25) is 9.11 Å². The van der Waals surface area contributed by atoms with Crippen LogP contribution in [-0.4, -0.2) is 48.9 Å². The summed E-state index contributed by atoms with van der Waals surface area (Å²) in [5.41, 5.74) is 0. The summed E-state index contributed by atoms with van der Waals surface area (Å²) in [4.78, 5) is 0. The normalized spacial score (nSPS) is 14.2. The van der Waals surface area contributed by atoms with E-state index in [0.717, 1.165) is 14.1 Å². The maximum atomic E-state index is 10.3. The summed E-state index contributed by atoms with van der Waals surface area (Å²) in [6, 6.07) is 0. The SMILES string of the molecule is CN(C)N(S(=O)(=O)O)S(=O)(=O)O. The van der Waals surface area contributed by atoms with Gasteiger partial charge in [0.2, 0.25) is 0 Å². The lowest BCUT2D eigenvalue weighted by molar-refractivity contribution is 0.188. The van der Waals surface area contributed by atoms with E-state index >= 15 is 0 Å². The zero-order chi connectivity index (χ0) is 10.2. The molecule has 0 atom stereocenters. The molecule has 0 saturated heterocycles. The molecular weight excluding hydrogens is 212 g/mol. The first kappa shape index (κ1) is 11.7. The third kappa shape index (κ3) is 3.00. The van der Waals surface area contributed by atoms with Crippen molar-refractivity contribution in [1.82, 2.24) is 8.83 Å². The lowest BCUT2D eigenvalue weighted by Crippen LogP contribution is -2.45. The molecule has 74 valence electrons. The number of nitrogens with zero attached hydrogens (tertiary/aromatic N) is 2. The topological polar surface area (TPSA) is 115 Å². The van der Waals surface area contributed by atoms with Crippen LogP contribution in [0.15, 0.2) is 0 Å². The van der Waals surface area contributed by atoms with Gasteiger partial charge in [-0.1, -0.05) is 0 Å². The molecule has 0 aliphatic heterocycles. The highest BCUT2D eigenvalue weighted by Gasteiger charge is 2.33. The first-order chi connectivity index (χ1) is 5.07. The van der Waals surface area contributed by atoms with Crippen molar-refractivity contribution in [1.29, 1.82) is 0 Å². The van der Waals surface area contributed by atoms with Crippen molar-refractivity contribution in [3.63, 3.8) is 0 Å².